The smallest absolute Gasteiger partial charge is 0.232 e. The number of benzene rings is 2. The highest BCUT2D eigenvalue weighted by Gasteiger charge is 2.09. The van der Waals surface area contributed by atoms with E-state index in [0.29, 0.717) is 27.8 Å². The number of nitrogens with one attached hydrogen (secondary N) is 2. The molecule has 2 aromatic rings. The fourth-order valence-electron chi connectivity index (χ4n) is 1.94. The fourth-order valence-corrected chi connectivity index (χ4v) is 3.56. The number of anilines is 3. The van der Waals surface area contributed by atoms with Gasteiger partial charge in [-0.25, -0.2) is 8.42 Å². The van der Waals surface area contributed by atoms with E-state index in [0.717, 1.165) is 12.1 Å². The first kappa shape index (κ1) is 17.9. The molecule has 0 atom stereocenters. The molecule has 7 heteroatoms. The Bertz CT molecular complexity index is 762. The lowest BCUT2D eigenvalue weighted by molar-refractivity contribution is 0.598. The largest absolute Gasteiger partial charge is 0.354 e. The molecule has 2 N–H and O–H groups in total. The summed E-state index contributed by atoms with van der Waals surface area (Å²) in [6.07, 6.45) is 1.48. The Kier molecular flexibility index (Phi) is 6.16. The summed E-state index contributed by atoms with van der Waals surface area (Å²) in [6, 6.07) is 12.3. The average molecular weight is 373 g/mol. The van der Waals surface area contributed by atoms with Crippen LogP contribution < -0.4 is 10.0 Å². The maximum absolute atomic E-state index is 11.9. The van der Waals surface area contributed by atoms with E-state index in [9.17, 15) is 8.42 Å². The second-order valence-corrected chi connectivity index (χ2v) is 7.71. The van der Waals surface area contributed by atoms with Crippen molar-refractivity contribution < 1.29 is 8.42 Å². The van der Waals surface area contributed by atoms with Gasteiger partial charge in [0.2, 0.25) is 10.0 Å². The van der Waals surface area contributed by atoms with Crippen molar-refractivity contribution in [3.63, 3.8) is 0 Å². The van der Waals surface area contributed by atoms with E-state index < -0.39 is 10.0 Å². The Balaban J connectivity index is 2.06. The van der Waals surface area contributed by atoms with Gasteiger partial charge in [0.05, 0.1) is 21.5 Å². The minimum atomic E-state index is -3.29. The van der Waals surface area contributed by atoms with Crippen LogP contribution in [0.15, 0.2) is 42.5 Å². The molecule has 0 fully saturated rings. The summed E-state index contributed by atoms with van der Waals surface area (Å²) in [5.74, 6) is 0.127. The maximum Gasteiger partial charge on any atom is 0.232 e. The molecule has 2 rings (SSSR count). The molecule has 0 spiro atoms. The number of hydrogen-bond acceptors (Lipinski definition) is 3. The van der Waals surface area contributed by atoms with Gasteiger partial charge in [0.1, 0.15) is 0 Å². The molecular weight excluding hydrogens is 355 g/mol. The third-order valence-corrected chi connectivity index (χ3v) is 5.35. The van der Waals surface area contributed by atoms with Crippen molar-refractivity contribution in [3.05, 3.63) is 52.5 Å². The van der Waals surface area contributed by atoms with Crippen molar-refractivity contribution in [2.24, 2.45) is 0 Å². The average Bonchev–Trinajstić information content (AvgIpc) is 2.51. The van der Waals surface area contributed by atoms with E-state index in [4.69, 9.17) is 23.2 Å². The van der Waals surface area contributed by atoms with Crippen LogP contribution in [0.5, 0.6) is 0 Å². The lowest BCUT2D eigenvalue weighted by atomic mass is 10.2. The minimum absolute atomic E-state index is 0.127. The lowest BCUT2D eigenvalue weighted by Crippen LogP contribution is -2.16. The number of halogens is 2. The normalized spacial score (nSPS) is 11.3. The Hall–Kier alpha value is -1.43. The molecule has 0 aliphatic heterocycles. The molecule has 0 aliphatic rings. The van der Waals surface area contributed by atoms with Crippen LogP contribution in [0, 0.1) is 0 Å². The van der Waals surface area contributed by atoms with E-state index in [2.05, 4.69) is 10.0 Å². The summed E-state index contributed by atoms with van der Waals surface area (Å²) in [5.41, 5.74) is 2.00. The Morgan fingerprint density at radius 3 is 2.30 bits per heavy atom. The summed E-state index contributed by atoms with van der Waals surface area (Å²) in [6.45, 7) is 1.96. The molecule has 0 heterocycles. The van der Waals surface area contributed by atoms with Crippen molar-refractivity contribution in [1.82, 2.24) is 0 Å². The van der Waals surface area contributed by atoms with Crippen molar-refractivity contribution in [2.45, 2.75) is 19.8 Å². The SMILES string of the molecule is CCCCS(=O)(=O)Nc1ccc(Nc2cccc(Cl)c2Cl)cc1. The minimum Gasteiger partial charge on any atom is -0.354 e. The number of hydrogen-bond donors (Lipinski definition) is 2. The monoisotopic (exact) mass is 372 g/mol. The van der Waals surface area contributed by atoms with Crippen LogP contribution in [-0.4, -0.2) is 14.2 Å². The van der Waals surface area contributed by atoms with Gasteiger partial charge in [0.25, 0.3) is 0 Å². The molecule has 0 aromatic heterocycles. The van der Waals surface area contributed by atoms with Gasteiger partial charge in [0, 0.05) is 11.4 Å². The van der Waals surface area contributed by atoms with Crippen LogP contribution in [0.3, 0.4) is 0 Å². The summed E-state index contributed by atoms with van der Waals surface area (Å²) in [7, 11) is -3.29. The van der Waals surface area contributed by atoms with E-state index >= 15 is 0 Å². The van der Waals surface area contributed by atoms with Gasteiger partial charge in [-0.15, -0.1) is 0 Å². The first-order valence-corrected chi connectivity index (χ1v) is 9.63. The second-order valence-electron chi connectivity index (χ2n) is 5.08. The van der Waals surface area contributed by atoms with Crippen LogP contribution in [0.2, 0.25) is 10.0 Å². The highest BCUT2D eigenvalue weighted by atomic mass is 35.5. The molecule has 2 aromatic carbocycles. The predicted octanol–water partition coefficient (Wildman–Crippen LogP) is 5.28. The van der Waals surface area contributed by atoms with Crippen molar-refractivity contribution in [3.8, 4) is 0 Å². The molecule has 0 amide bonds. The molecule has 23 heavy (non-hydrogen) atoms. The first-order chi connectivity index (χ1) is 10.9. The molecule has 0 unspecified atom stereocenters. The molecule has 0 saturated heterocycles. The number of rotatable bonds is 7. The first-order valence-electron chi connectivity index (χ1n) is 7.23. The zero-order valence-corrected chi connectivity index (χ0v) is 15.0. The van der Waals surface area contributed by atoms with Gasteiger partial charge >= 0.3 is 0 Å². The summed E-state index contributed by atoms with van der Waals surface area (Å²) >= 11 is 12.1. The molecular formula is C16H18Cl2N2O2S. The fraction of sp³-hybridized carbons (Fsp3) is 0.250. The van der Waals surface area contributed by atoms with E-state index in [1.807, 2.05) is 13.0 Å². The van der Waals surface area contributed by atoms with Gasteiger partial charge in [-0.05, 0) is 42.8 Å². The quantitative estimate of drug-likeness (QED) is 0.694. The van der Waals surface area contributed by atoms with E-state index in [-0.39, 0.29) is 5.75 Å². The maximum atomic E-state index is 11.9. The standard InChI is InChI=1S/C16H18Cl2N2O2S/c1-2-3-11-23(21,22)20-13-9-7-12(8-10-13)19-15-6-4-5-14(17)16(15)18/h4-10,19-20H,2-3,11H2,1H3. The summed E-state index contributed by atoms with van der Waals surface area (Å²) in [4.78, 5) is 0. The molecule has 4 nitrogen and oxygen atoms in total. The molecule has 124 valence electrons. The van der Waals surface area contributed by atoms with Gasteiger partial charge in [0.15, 0.2) is 0 Å². The van der Waals surface area contributed by atoms with Crippen LogP contribution in [0.25, 0.3) is 0 Å². The van der Waals surface area contributed by atoms with E-state index in [1.165, 1.54) is 0 Å². The zero-order valence-electron chi connectivity index (χ0n) is 12.6. The van der Waals surface area contributed by atoms with Gasteiger partial charge in [-0.3, -0.25) is 4.72 Å². The summed E-state index contributed by atoms with van der Waals surface area (Å²) in [5, 5.41) is 4.06. The van der Waals surface area contributed by atoms with Crippen LogP contribution >= 0.6 is 23.2 Å². The highest BCUT2D eigenvalue weighted by Crippen LogP contribution is 2.31. The predicted molar refractivity (Wildman–Crippen MR) is 98.5 cm³/mol. The number of sulfonamides is 1. The Morgan fingerprint density at radius 2 is 1.65 bits per heavy atom. The topological polar surface area (TPSA) is 58.2 Å². The third kappa shape index (κ3) is 5.30. The van der Waals surface area contributed by atoms with Crippen LogP contribution in [0.1, 0.15) is 19.8 Å². The summed E-state index contributed by atoms with van der Waals surface area (Å²) < 4.78 is 26.3. The second kappa shape index (κ2) is 7.90. The Labute approximate surface area is 146 Å². The van der Waals surface area contributed by atoms with Crippen LogP contribution in [0.4, 0.5) is 17.1 Å². The zero-order chi connectivity index (χ0) is 16.9. The van der Waals surface area contributed by atoms with Crippen LogP contribution in [-0.2, 0) is 10.0 Å². The third-order valence-electron chi connectivity index (χ3n) is 3.16. The number of unbranched alkanes of at least 4 members (excludes halogenated alkanes) is 1. The van der Waals surface area contributed by atoms with Gasteiger partial charge in [-0.2, -0.15) is 0 Å². The Morgan fingerprint density at radius 1 is 1.00 bits per heavy atom. The molecule has 0 saturated carbocycles. The van der Waals surface area contributed by atoms with Crippen molar-refractivity contribution >= 4 is 50.3 Å². The van der Waals surface area contributed by atoms with E-state index in [1.54, 1.807) is 36.4 Å². The van der Waals surface area contributed by atoms with Gasteiger partial charge in [-0.1, -0.05) is 42.6 Å². The lowest BCUT2D eigenvalue weighted by Gasteiger charge is -2.11. The van der Waals surface area contributed by atoms with Gasteiger partial charge < -0.3 is 5.32 Å². The molecule has 0 aliphatic carbocycles. The highest BCUT2D eigenvalue weighted by molar-refractivity contribution is 7.92. The van der Waals surface area contributed by atoms with Crippen molar-refractivity contribution in [1.29, 1.82) is 0 Å². The van der Waals surface area contributed by atoms with Crippen molar-refractivity contribution in [2.75, 3.05) is 15.8 Å². The molecule has 0 bridgehead atoms. The molecule has 0 radical (unpaired) electrons.